The molecule has 17 heavy (non-hydrogen) atoms. The molecule has 3 nitrogen and oxygen atoms in total. The second-order valence-corrected chi connectivity index (χ2v) is 3.68. The maximum absolute atomic E-state index is 5.34. The molecule has 0 spiro atoms. The standard InChI is InChI=1S/C14H15NO2/c1-10(16-2)11-6-4-8-13(17-3)14-12(11)7-5-9-15-14/h4-5,7-9H,1,6H2,2-3H3. The van der Waals surface area contributed by atoms with Crippen LogP contribution in [0.2, 0.25) is 0 Å². The van der Waals surface area contributed by atoms with Crippen LogP contribution in [-0.4, -0.2) is 19.2 Å². The lowest BCUT2D eigenvalue weighted by molar-refractivity contribution is 0.311. The molecule has 1 aromatic heterocycles. The molecule has 2 rings (SSSR count). The van der Waals surface area contributed by atoms with E-state index in [0.29, 0.717) is 5.76 Å². The molecule has 0 saturated heterocycles. The molecule has 0 atom stereocenters. The zero-order valence-electron chi connectivity index (χ0n) is 10.1. The highest BCUT2D eigenvalue weighted by Gasteiger charge is 2.09. The smallest absolute Gasteiger partial charge is 0.144 e. The van der Waals surface area contributed by atoms with Gasteiger partial charge >= 0.3 is 0 Å². The lowest BCUT2D eigenvalue weighted by Crippen LogP contribution is -2.32. The summed E-state index contributed by atoms with van der Waals surface area (Å²) in [6.45, 7) is 3.92. The van der Waals surface area contributed by atoms with Gasteiger partial charge in [-0.1, -0.05) is 18.7 Å². The molecule has 3 heteroatoms. The van der Waals surface area contributed by atoms with Gasteiger partial charge in [0.15, 0.2) is 0 Å². The average molecular weight is 229 g/mol. The molecule has 1 heterocycles. The van der Waals surface area contributed by atoms with Crippen LogP contribution in [0.4, 0.5) is 0 Å². The van der Waals surface area contributed by atoms with Crippen molar-refractivity contribution in [2.75, 3.05) is 14.2 Å². The Morgan fingerprint density at radius 3 is 2.94 bits per heavy atom. The van der Waals surface area contributed by atoms with E-state index in [1.807, 2.05) is 24.3 Å². The molecule has 1 aromatic rings. The van der Waals surface area contributed by atoms with Crippen molar-refractivity contribution in [2.45, 2.75) is 6.42 Å². The Morgan fingerprint density at radius 1 is 1.41 bits per heavy atom. The summed E-state index contributed by atoms with van der Waals surface area (Å²) in [5, 5.41) is 1.85. The van der Waals surface area contributed by atoms with Crippen LogP contribution in [-0.2, 0) is 9.47 Å². The Hall–Kier alpha value is -2.03. The first-order chi connectivity index (χ1) is 8.27. The van der Waals surface area contributed by atoms with Crippen molar-refractivity contribution in [3.63, 3.8) is 0 Å². The van der Waals surface area contributed by atoms with E-state index in [1.165, 1.54) is 0 Å². The van der Waals surface area contributed by atoms with Crippen LogP contribution in [0.25, 0.3) is 11.3 Å². The van der Waals surface area contributed by atoms with Crippen molar-refractivity contribution in [1.29, 1.82) is 0 Å². The number of hydrogen-bond acceptors (Lipinski definition) is 3. The van der Waals surface area contributed by atoms with Crippen LogP contribution in [0.5, 0.6) is 0 Å². The Morgan fingerprint density at radius 2 is 2.24 bits per heavy atom. The van der Waals surface area contributed by atoms with Gasteiger partial charge < -0.3 is 9.47 Å². The molecule has 88 valence electrons. The Kier molecular flexibility index (Phi) is 3.28. The molecular formula is C14H15NO2. The number of nitrogens with zero attached hydrogens (tertiary/aromatic N) is 1. The van der Waals surface area contributed by atoms with Crippen LogP contribution in [0, 0.1) is 0 Å². The zero-order valence-corrected chi connectivity index (χ0v) is 10.1. The number of fused-ring (bicyclic) bond motifs is 1. The van der Waals surface area contributed by atoms with Gasteiger partial charge in [-0.25, -0.2) is 0 Å². The minimum absolute atomic E-state index is 0.668. The molecule has 0 N–H and O–H groups in total. The van der Waals surface area contributed by atoms with E-state index in [0.717, 1.165) is 28.3 Å². The van der Waals surface area contributed by atoms with Gasteiger partial charge in [0, 0.05) is 17.0 Å². The number of aromatic nitrogens is 1. The van der Waals surface area contributed by atoms with Crippen LogP contribution in [0.1, 0.15) is 6.42 Å². The normalized spacial score (nSPS) is 14.0. The lowest BCUT2D eigenvalue weighted by Gasteiger charge is -2.06. The fourth-order valence-electron chi connectivity index (χ4n) is 1.87. The molecule has 0 fully saturated rings. The SMILES string of the molecule is C=C(OC)C1=c2cccnc2=C(OC)C=CC1. The molecule has 0 amide bonds. The number of methoxy groups -OCH3 is 2. The van der Waals surface area contributed by atoms with Gasteiger partial charge in [0.25, 0.3) is 0 Å². The van der Waals surface area contributed by atoms with Gasteiger partial charge in [0.2, 0.25) is 0 Å². The molecule has 0 saturated carbocycles. The van der Waals surface area contributed by atoms with E-state index in [-0.39, 0.29) is 0 Å². The second kappa shape index (κ2) is 4.87. The van der Waals surface area contributed by atoms with Gasteiger partial charge in [-0.2, -0.15) is 0 Å². The van der Waals surface area contributed by atoms with Gasteiger partial charge in [-0.3, -0.25) is 4.98 Å². The number of allylic oxidation sites excluding steroid dienone is 2. The number of pyridine rings is 1. The fraction of sp³-hybridized carbons (Fsp3) is 0.214. The summed E-state index contributed by atoms with van der Waals surface area (Å²) < 4.78 is 10.6. The summed E-state index contributed by atoms with van der Waals surface area (Å²) in [5.41, 5.74) is 1.04. The molecule has 0 radical (unpaired) electrons. The molecule has 0 aliphatic heterocycles. The van der Waals surface area contributed by atoms with Gasteiger partial charge in [0.05, 0.1) is 14.2 Å². The number of hydrogen-bond donors (Lipinski definition) is 0. The largest absolute Gasteiger partial charge is 0.497 e. The molecular weight excluding hydrogens is 214 g/mol. The quantitative estimate of drug-likeness (QED) is 0.727. The van der Waals surface area contributed by atoms with Crippen molar-refractivity contribution in [3.8, 4) is 0 Å². The van der Waals surface area contributed by atoms with Crippen molar-refractivity contribution >= 4 is 11.3 Å². The summed E-state index contributed by atoms with van der Waals surface area (Å²) in [5.74, 6) is 1.43. The van der Waals surface area contributed by atoms with Gasteiger partial charge in [0.1, 0.15) is 16.9 Å². The highest BCUT2D eigenvalue weighted by Crippen LogP contribution is 2.15. The van der Waals surface area contributed by atoms with Crippen molar-refractivity contribution in [2.24, 2.45) is 0 Å². The van der Waals surface area contributed by atoms with E-state index in [4.69, 9.17) is 9.47 Å². The van der Waals surface area contributed by atoms with Gasteiger partial charge in [-0.05, 0) is 18.6 Å². The van der Waals surface area contributed by atoms with E-state index in [1.54, 1.807) is 20.4 Å². The lowest BCUT2D eigenvalue weighted by atomic mass is 10.1. The molecule has 0 bridgehead atoms. The highest BCUT2D eigenvalue weighted by molar-refractivity contribution is 5.65. The summed E-state index contributed by atoms with van der Waals surface area (Å²) in [7, 11) is 3.27. The van der Waals surface area contributed by atoms with Crippen molar-refractivity contribution in [1.82, 2.24) is 4.98 Å². The first-order valence-electron chi connectivity index (χ1n) is 5.40. The van der Waals surface area contributed by atoms with Crippen LogP contribution < -0.4 is 10.6 Å². The maximum Gasteiger partial charge on any atom is 0.144 e. The molecule has 0 aromatic carbocycles. The van der Waals surface area contributed by atoms with Crippen LogP contribution >= 0.6 is 0 Å². The predicted octanol–water partition coefficient (Wildman–Crippen LogP) is 1.11. The predicted molar refractivity (Wildman–Crippen MR) is 67.2 cm³/mol. The highest BCUT2D eigenvalue weighted by atomic mass is 16.5. The van der Waals surface area contributed by atoms with E-state index >= 15 is 0 Å². The maximum atomic E-state index is 5.34. The average Bonchev–Trinajstić information content (AvgIpc) is 2.57. The molecule has 1 aliphatic rings. The first-order valence-corrected chi connectivity index (χ1v) is 5.40. The van der Waals surface area contributed by atoms with Crippen LogP contribution in [0.15, 0.2) is 42.8 Å². The topological polar surface area (TPSA) is 31.4 Å². The summed E-state index contributed by atoms with van der Waals surface area (Å²) in [4.78, 5) is 4.37. The summed E-state index contributed by atoms with van der Waals surface area (Å²) in [6, 6.07) is 3.91. The van der Waals surface area contributed by atoms with E-state index in [9.17, 15) is 0 Å². The van der Waals surface area contributed by atoms with Gasteiger partial charge in [-0.15, -0.1) is 0 Å². The third kappa shape index (κ3) is 2.09. The Labute approximate surface area is 100 Å². The van der Waals surface area contributed by atoms with Crippen LogP contribution in [0.3, 0.4) is 0 Å². The minimum atomic E-state index is 0.668. The third-order valence-corrected chi connectivity index (χ3v) is 2.76. The summed E-state index contributed by atoms with van der Waals surface area (Å²) in [6.07, 6.45) is 6.48. The molecule has 0 unspecified atom stereocenters. The van der Waals surface area contributed by atoms with Crippen molar-refractivity contribution < 1.29 is 9.47 Å². The van der Waals surface area contributed by atoms with E-state index in [2.05, 4.69) is 11.6 Å². The van der Waals surface area contributed by atoms with E-state index < -0.39 is 0 Å². The Bertz CT molecular complexity index is 584. The summed E-state index contributed by atoms with van der Waals surface area (Å²) >= 11 is 0. The first kappa shape index (κ1) is 11.5. The Balaban J connectivity index is 2.84. The minimum Gasteiger partial charge on any atom is -0.497 e. The monoisotopic (exact) mass is 229 g/mol. The second-order valence-electron chi connectivity index (χ2n) is 3.68. The number of rotatable bonds is 3. The fourth-order valence-corrected chi connectivity index (χ4v) is 1.87. The van der Waals surface area contributed by atoms with Crippen molar-refractivity contribution in [3.05, 3.63) is 53.4 Å². The zero-order chi connectivity index (χ0) is 12.3. The number of ether oxygens (including phenoxy) is 2. The third-order valence-electron chi connectivity index (χ3n) is 2.76. The molecule has 1 aliphatic carbocycles.